The third-order valence-corrected chi connectivity index (χ3v) is 4.32. The second-order valence-electron chi connectivity index (χ2n) is 5.37. The topological polar surface area (TPSA) is 35.5 Å². The average molecular weight is 350 g/mol. The molecule has 0 aliphatic carbocycles. The lowest BCUT2D eigenvalue weighted by molar-refractivity contribution is -0.138. The molecule has 126 valence electrons. The Hall–Kier alpha value is -2.85. The molecule has 25 heavy (non-hydrogen) atoms. The van der Waals surface area contributed by atoms with Crippen molar-refractivity contribution in [3.63, 3.8) is 0 Å². The maximum atomic E-state index is 11.7. The molecular weight excluding hydrogens is 332 g/mol. The largest absolute Gasteiger partial charge is 0.489 e. The molecule has 0 bridgehead atoms. The van der Waals surface area contributed by atoms with Gasteiger partial charge in [0.25, 0.3) is 0 Å². The molecule has 2 aromatic carbocycles. The Kier molecular flexibility index (Phi) is 6.01. The van der Waals surface area contributed by atoms with Gasteiger partial charge < -0.3 is 9.47 Å². The highest BCUT2D eigenvalue weighted by atomic mass is 32.1. The summed E-state index contributed by atoms with van der Waals surface area (Å²) in [6.07, 6.45) is 3.21. The summed E-state index contributed by atoms with van der Waals surface area (Å²) < 4.78 is 11.0. The normalized spacial score (nSPS) is 10.7. The van der Waals surface area contributed by atoms with Gasteiger partial charge in [0.2, 0.25) is 0 Å². The monoisotopic (exact) mass is 350 g/mol. The highest BCUT2D eigenvalue weighted by molar-refractivity contribution is 7.10. The Morgan fingerprint density at radius 1 is 0.880 bits per heavy atom. The molecule has 3 nitrogen and oxygen atoms in total. The van der Waals surface area contributed by atoms with E-state index < -0.39 is 0 Å². The van der Waals surface area contributed by atoms with Crippen molar-refractivity contribution in [2.75, 3.05) is 0 Å². The summed E-state index contributed by atoms with van der Waals surface area (Å²) in [7, 11) is 0. The molecule has 1 heterocycles. The Balaban J connectivity index is 1.45. The Morgan fingerprint density at radius 3 is 2.36 bits per heavy atom. The molecule has 0 saturated carbocycles. The molecule has 0 spiro atoms. The molecule has 0 fully saturated rings. The van der Waals surface area contributed by atoms with Gasteiger partial charge in [0.05, 0.1) is 0 Å². The van der Waals surface area contributed by atoms with Gasteiger partial charge in [-0.2, -0.15) is 0 Å². The first-order chi connectivity index (χ1) is 12.3. The number of thiophene rings is 1. The molecule has 0 unspecified atom stereocenters. The van der Waals surface area contributed by atoms with Crippen molar-refractivity contribution in [3.05, 3.63) is 94.2 Å². The van der Waals surface area contributed by atoms with Crippen LogP contribution < -0.4 is 4.74 Å². The Labute approximate surface area is 151 Å². The summed E-state index contributed by atoms with van der Waals surface area (Å²) in [6.45, 7) is 0.773. The highest BCUT2D eigenvalue weighted by Gasteiger charge is 2.01. The predicted octanol–water partition coefficient (Wildman–Crippen LogP) is 5.08. The first-order valence-electron chi connectivity index (χ1n) is 7.93. The van der Waals surface area contributed by atoms with Crippen LogP contribution in [-0.2, 0) is 22.7 Å². The molecule has 3 rings (SSSR count). The quantitative estimate of drug-likeness (QED) is 0.440. The van der Waals surface area contributed by atoms with E-state index in [-0.39, 0.29) is 12.6 Å². The van der Waals surface area contributed by atoms with E-state index in [9.17, 15) is 4.79 Å². The first kappa shape index (κ1) is 17.0. The van der Waals surface area contributed by atoms with Crippen LogP contribution in [0.3, 0.4) is 0 Å². The third kappa shape index (κ3) is 5.62. The second-order valence-corrected chi connectivity index (χ2v) is 6.35. The van der Waals surface area contributed by atoms with E-state index in [1.54, 1.807) is 17.4 Å². The molecule has 4 heteroatoms. The van der Waals surface area contributed by atoms with Gasteiger partial charge in [-0.15, -0.1) is 11.3 Å². The van der Waals surface area contributed by atoms with Crippen molar-refractivity contribution < 1.29 is 14.3 Å². The number of hydrogen-bond donors (Lipinski definition) is 0. The van der Waals surface area contributed by atoms with E-state index >= 15 is 0 Å². The van der Waals surface area contributed by atoms with Gasteiger partial charge in [0, 0.05) is 11.0 Å². The maximum absolute atomic E-state index is 11.7. The summed E-state index contributed by atoms with van der Waals surface area (Å²) in [6, 6.07) is 21.5. The van der Waals surface area contributed by atoms with Crippen LogP contribution in [0.5, 0.6) is 5.75 Å². The predicted molar refractivity (Wildman–Crippen MR) is 100 cm³/mol. The van der Waals surface area contributed by atoms with E-state index in [1.165, 1.54) is 6.08 Å². The molecule has 0 amide bonds. The van der Waals surface area contributed by atoms with Crippen LogP contribution >= 0.6 is 11.3 Å². The maximum Gasteiger partial charge on any atom is 0.331 e. The zero-order valence-corrected chi connectivity index (χ0v) is 14.4. The Morgan fingerprint density at radius 2 is 1.64 bits per heavy atom. The lowest BCUT2D eigenvalue weighted by atomic mass is 10.2. The van der Waals surface area contributed by atoms with Gasteiger partial charge >= 0.3 is 5.97 Å². The fraction of sp³-hybridized carbons (Fsp3) is 0.0952. The third-order valence-electron chi connectivity index (χ3n) is 3.48. The number of carbonyl (C=O) groups excluding carboxylic acids is 1. The van der Waals surface area contributed by atoms with Crippen molar-refractivity contribution in [2.45, 2.75) is 13.2 Å². The lowest BCUT2D eigenvalue weighted by Crippen LogP contribution is -2.01. The molecule has 0 aliphatic rings. The summed E-state index contributed by atoms with van der Waals surface area (Å²) in [5, 5.41) is 1.96. The van der Waals surface area contributed by atoms with E-state index in [2.05, 4.69) is 0 Å². The van der Waals surface area contributed by atoms with Crippen LogP contribution in [-0.4, -0.2) is 5.97 Å². The van der Waals surface area contributed by atoms with Crippen LogP contribution in [0.1, 0.15) is 16.0 Å². The molecule has 0 aliphatic heterocycles. The SMILES string of the molecule is O=C(/C=C\c1cccs1)OCc1ccc(OCc2ccccc2)cc1. The van der Waals surface area contributed by atoms with Gasteiger partial charge in [-0.25, -0.2) is 4.79 Å². The molecule has 0 atom stereocenters. The van der Waals surface area contributed by atoms with E-state index in [4.69, 9.17) is 9.47 Å². The van der Waals surface area contributed by atoms with Gasteiger partial charge in [0.15, 0.2) is 0 Å². The zero-order chi connectivity index (χ0) is 17.3. The average Bonchev–Trinajstić information content (AvgIpc) is 3.18. The summed E-state index contributed by atoms with van der Waals surface area (Å²) in [4.78, 5) is 12.7. The Bertz CT molecular complexity index is 806. The van der Waals surface area contributed by atoms with Crippen LogP contribution in [0.15, 0.2) is 78.2 Å². The van der Waals surface area contributed by atoms with Crippen molar-refractivity contribution in [1.29, 1.82) is 0 Å². The van der Waals surface area contributed by atoms with Gasteiger partial charge in [-0.3, -0.25) is 0 Å². The number of ether oxygens (including phenoxy) is 2. The van der Waals surface area contributed by atoms with Gasteiger partial charge in [-0.05, 0) is 40.8 Å². The zero-order valence-electron chi connectivity index (χ0n) is 13.6. The number of esters is 1. The van der Waals surface area contributed by atoms with Crippen molar-refractivity contribution in [1.82, 2.24) is 0 Å². The van der Waals surface area contributed by atoms with Gasteiger partial charge in [0.1, 0.15) is 19.0 Å². The van der Waals surface area contributed by atoms with Gasteiger partial charge in [-0.1, -0.05) is 48.5 Å². The summed E-state index contributed by atoms with van der Waals surface area (Å²) in [5.41, 5.74) is 2.04. The molecule has 0 saturated heterocycles. The molecule has 0 radical (unpaired) electrons. The van der Waals surface area contributed by atoms with Crippen LogP contribution in [0.2, 0.25) is 0 Å². The molecule has 1 aromatic heterocycles. The summed E-state index contributed by atoms with van der Waals surface area (Å²) >= 11 is 1.58. The minimum absolute atomic E-state index is 0.243. The van der Waals surface area contributed by atoms with E-state index in [0.29, 0.717) is 6.61 Å². The standard InChI is InChI=1S/C21H18O3S/c22-21(13-12-20-7-4-14-25-20)24-16-18-8-10-19(11-9-18)23-15-17-5-2-1-3-6-17/h1-14H,15-16H2/b13-12-. The minimum atomic E-state index is -0.349. The number of carbonyl (C=O) groups is 1. The highest BCUT2D eigenvalue weighted by Crippen LogP contribution is 2.15. The fourth-order valence-electron chi connectivity index (χ4n) is 2.16. The number of benzene rings is 2. The minimum Gasteiger partial charge on any atom is -0.489 e. The van der Waals surface area contributed by atoms with Crippen LogP contribution in [0, 0.1) is 0 Å². The second kappa shape index (κ2) is 8.85. The van der Waals surface area contributed by atoms with E-state index in [0.717, 1.165) is 21.8 Å². The van der Waals surface area contributed by atoms with Crippen LogP contribution in [0.25, 0.3) is 6.08 Å². The van der Waals surface area contributed by atoms with Crippen molar-refractivity contribution in [3.8, 4) is 5.75 Å². The van der Waals surface area contributed by atoms with E-state index in [1.807, 2.05) is 72.1 Å². The van der Waals surface area contributed by atoms with Crippen molar-refractivity contribution >= 4 is 23.4 Å². The number of hydrogen-bond acceptors (Lipinski definition) is 4. The molecular formula is C21H18O3S. The van der Waals surface area contributed by atoms with Crippen LogP contribution in [0.4, 0.5) is 0 Å². The first-order valence-corrected chi connectivity index (χ1v) is 8.81. The molecule has 3 aromatic rings. The smallest absolute Gasteiger partial charge is 0.331 e. The molecule has 0 N–H and O–H groups in total. The summed E-state index contributed by atoms with van der Waals surface area (Å²) in [5.74, 6) is 0.439. The lowest BCUT2D eigenvalue weighted by Gasteiger charge is -2.07. The number of rotatable bonds is 7. The van der Waals surface area contributed by atoms with Crippen molar-refractivity contribution in [2.24, 2.45) is 0 Å². The fourth-order valence-corrected chi connectivity index (χ4v) is 2.78.